The van der Waals surface area contributed by atoms with Crippen LogP contribution in [0.15, 0.2) is 24.4 Å². The number of nitrogens with one attached hydrogen (secondary N) is 2. The van der Waals surface area contributed by atoms with Crippen LogP contribution in [0.25, 0.3) is 11.2 Å². The van der Waals surface area contributed by atoms with Crippen LogP contribution >= 0.6 is 34.2 Å². The van der Waals surface area contributed by atoms with Crippen LogP contribution in [0.5, 0.6) is 0 Å². The summed E-state index contributed by atoms with van der Waals surface area (Å²) in [6.45, 7) is 7.74. The Morgan fingerprint density at radius 2 is 2.06 bits per heavy atom. The number of aromatic amines is 1. The first-order valence-electron chi connectivity index (χ1n) is 10.7. The molecular formula is C22H26ClIN6OS. The van der Waals surface area contributed by atoms with Crippen LogP contribution in [0.3, 0.4) is 0 Å². The first kappa shape index (κ1) is 22.6. The van der Waals surface area contributed by atoms with Crippen molar-refractivity contribution in [3.63, 3.8) is 0 Å². The van der Waals surface area contributed by atoms with Gasteiger partial charge in [0.1, 0.15) is 19.8 Å². The van der Waals surface area contributed by atoms with E-state index >= 15 is 0 Å². The van der Waals surface area contributed by atoms with E-state index in [1.807, 2.05) is 39.1 Å². The summed E-state index contributed by atoms with van der Waals surface area (Å²) in [5.74, 6) is 0.858. The second kappa shape index (κ2) is 8.26. The van der Waals surface area contributed by atoms with Gasteiger partial charge in [-0.05, 0) is 85.9 Å². The second-order valence-electron chi connectivity index (χ2n) is 9.74. The summed E-state index contributed by atoms with van der Waals surface area (Å²) < 4.78 is 17.1. The highest BCUT2D eigenvalue weighted by Gasteiger charge is 2.50. The average molecular weight is 585 g/mol. The van der Waals surface area contributed by atoms with Gasteiger partial charge < -0.3 is 9.45 Å². The van der Waals surface area contributed by atoms with Crippen LogP contribution in [0.1, 0.15) is 50.8 Å². The number of hydrogen-bond acceptors (Lipinski definition) is 6. The summed E-state index contributed by atoms with van der Waals surface area (Å²) in [7, 11) is 0. The molecule has 7 nitrogen and oxygen atoms in total. The maximum atomic E-state index is 13.1. The molecule has 3 heterocycles. The van der Waals surface area contributed by atoms with Crippen LogP contribution in [0, 0.1) is 9.12 Å². The minimum atomic E-state index is -1.17. The highest BCUT2D eigenvalue weighted by atomic mass is 127. The van der Waals surface area contributed by atoms with E-state index in [1.165, 1.54) is 11.1 Å². The molecule has 2 aromatic heterocycles. The predicted octanol–water partition coefficient (Wildman–Crippen LogP) is 4.55. The van der Waals surface area contributed by atoms with E-state index in [0.717, 1.165) is 52.4 Å². The van der Waals surface area contributed by atoms with E-state index in [0.29, 0.717) is 5.65 Å². The summed E-state index contributed by atoms with van der Waals surface area (Å²) in [6, 6.07) is 6.16. The van der Waals surface area contributed by atoms with E-state index < -0.39 is 11.4 Å². The summed E-state index contributed by atoms with van der Waals surface area (Å²) in [6.07, 6.45) is 4.74. The highest BCUT2D eigenvalue weighted by molar-refractivity contribution is 14.1. The fraction of sp³-hybridized carbons (Fsp3) is 0.500. The van der Waals surface area contributed by atoms with Gasteiger partial charge in [-0.15, -0.1) is 4.72 Å². The number of nitrogens with zero attached hydrogens (tertiary/aromatic N) is 4. The summed E-state index contributed by atoms with van der Waals surface area (Å²) in [4.78, 5) is 11.6. The summed E-state index contributed by atoms with van der Waals surface area (Å²) in [5.41, 5.74) is 3.95. The largest absolute Gasteiger partial charge is 0.598 e. The zero-order chi connectivity index (χ0) is 22.7. The molecule has 10 heteroatoms. The first-order valence-corrected chi connectivity index (χ1v) is 13.3. The summed E-state index contributed by atoms with van der Waals surface area (Å²) >= 11 is 7.38. The number of benzene rings is 1. The third-order valence-corrected chi connectivity index (χ3v) is 9.20. The molecule has 2 atom stereocenters. The quantitative estimate of drug-likeness (QED) is 0.347. The predicted molar refractivity (Wildman–Crippen MR) is 137 cm³/mol. The molecule has 1 aliphatic carbocycles. The van der Waals surface area contributed by atoms with Crippen molar-refractivity contribution in [2.24, 2.45) is 5.41 Å². The summed E-state index contributed by atoms with van der Waals surface area (Å²) in [5, 5.41) is 7.93. The van der Waals surface area contributed by atoms with Crippen molar-refractivity contribution in [2.45, 2.75) is 50.8 Å². The average Bonchev–Trinajstić information content (AvgIpc) is 3.26. The zero-order valence-electron chi connectivity index (χ0n) is 18.3. The van der Waals surface area contributed by atoms with Gasteiger partial charge in [0, 0.05) is 34.9 Å². The van der Waals surface area contributed by atoms with Crippen molar-refractivity contribution in [2.75, 3.05) is 18.0 Å². The van der Waals surface area contributed by atoms with E-state index in [1.54, 1.807) is 0 Å². The topological polar surface area (TPSA) is 92.8 Å². The molecule has 1 aromatic carbocycles. The number of anilines is 1. The fourth-order valence-electron chi connectivity index (χ4n) is 4.84. The lowest BCUT2D eigenvalue weighted by Gasteiger charge is -2.44. The van der Waals surface area contributed by atoms with Crippen molar-refractivity contribution in [1.82, 2.24) is 24.9 Å². The smallest absolute Gasteiger partial charge is 0.202 e. The van der Waals surface area contributed by atoms with E-state index in [-0.39, 0.29) is 16.2 Å². The molecule has 0 amide bonds. The Labute approximate surface area is 209 Å². The minimum absolute atomic E-state index is 0.00364. The van der Waals surface area contributed by atoms with Crippen molar-refractivity contribution < 1.29 is 4.55 Å². The Bertz CT molecular complexity index is 1160. The monoisotopic (exact) mass is 584 g/mol. The van der Waals surface area contributed by atoms with Crippen molar-refractivity contribution in [3.05, 3.63) is 44.2 Å². The molecular weight excluding hydrogens is 559 g/mol. The van der Waals surface area contributed by atoms with Gasteiger partial charge in [0.05, 0.1) is 12.2 Å². The van der Waals surface area contributed by atoms with Gasteiger partial charge in [0.25, 0.3) is 0 Å². The molecule has 170 valence electrons. The molecule has 1 unspecified atom stereocenters. The maximum absolute atomic E-state index is 13.1. The highest BCUT2D eigenvalue weighted by Crippen LogP contribution is 2.53. The fourth-order valence-corrected chi connectivity index (χ4v) is 6.46. The van der Waals surface area contributed by atoms with Crippen LogP contribution in [-0.4, -0.2) is 42.6 Å². The lowest BCUT2D eigenvalue weighted by molar-refractivity contribution is 0.176. The Balaban J connectivity index is 1.40. The second-order valence-corrected chi connectivity index (χ2v) is 13.3. The van der Waals surface area contributed by atoms with Gasteiger partial charge in [-0.3, -0.25) is 5.10 Å². The number of aromatic nitrogens is 4. The first-order chi connectivity index (χ1) is 15.2. The molecule has 2 aliphatic rings. The molecule has 0 saturated carbocycles. The number of H-pyrrole nitrogens is 1. The number of piperidine rings is 1. The van der Waals surface area contributed by atoms with E-state index in [9.17, 15) is 4.55 Å². The minimum Gasteiger partial charge on any atom is -0.598 e. The molecule has 1 aliphatic heterocycles. The third-order valence-electron chi connectivity index (χ3n) is 6.65. The lowest BCUT2D eigenvalue weighted by Crippen LogP contribution is -2.49. The molecule has 3 aromatic rings. The van der Waals surface area contributed by atoms with Gasteiger partial charge in [0.15, 0.2) is 0 Å². The number of hydrogen-bond donors (Lipinski definition) is 2. The zero-order valence-corrected chi connectivity index (χ0v) is 22.0. The number of fused-ring (bicyclic) bond motifs is 2. The normalized spacial score (nSPS) is 21.3. The molecule has 1 fully saturated rings. The Morgan fingerprint density at radius 3 is 2.78 bits per heavy atom. The Morgan fingerprint density at radius 1 is 1.31 bits per heavy atom. The standard InChI is InChI=1S/C22H26ClIN6OS/c1-21(2,3)32(31)29-18-15-10-14(23)5-4-13(15)11-22(18)6-8-30(9-7-22)16-12-25-17-19(24)27-28-20(17)26-16/h4-5,10,12,18,29H,6-9,11H2,1-3H3,(H,26,27,28)/t18-,32?/m1/s1. The number of halogens is 2. The van der Waals surface area contributed by atoms with Gasteiger partial charge >= 0.3 is 0 Å². The SMILES string of the molecule is CC(C)(C)[S+]([O-])N[C@@H]1c2cc(Cl)ccc2CC12CCN(c1cnc3c(I)[nH]nc3n1)CC2. The van der Waals surface area contributed by atoms with Gasteiger partial charge in [-0.25, -0.2) is 9.97 Å². The van der Waals surface area contributed by atoms with Crippen LogP contribution in [-0.2, 0) is 17.8 Å². The Hall–Kier alpha value is -1.14. The number of rotatable bonds is 3. The van der Waals surface area contributed by atoms with Crippen molar-refractivity contribution in [3.8, 4) is 0 Å². The molecule has 0 bridgehead atoms. The van der Waals surface area contributed by atoms with Gasteiger partial charge in [0.2, 0.25) is 5.65 Å². The van der Waals surface area contributed by atoms with Crippen LogP contribution in [0.4, 0.5) is 5.82 Å². The van der Waals surface area contributed by atoms with Gasteiger partial charge in [-0.1, -0.05) is 17.7 Å². The molecule has 1 spiro atoms. The maximum Gasteiger partial charge on any atom is 0.202 e. The van der Waals surface area contributed by atoms with Crippen LogP contribution in [0.2, 0.25) is 5.02 Å². The molecule has 0 radical (unpaired) electrons. The molecule has 2 N–H and O–H groups in total. The van der Waals surface area contributed by atoms with E-state index in [2.05, 4.69) is 53.5 Å². The Kier molecular flexibility index (Phi) is 5.85. The van der Waals surface area contributed by atoms with Crippen molar-refractivity contribution in [1.29, 1.82) is 0 Å². The van der Waals surface area contributed by atoms with E-state index in [4.69, 9.17) is 16.6 Å². The third kappa shape index (κ3) is 4.00. The van der Waals surface area contributed by atoms with Crippen molar-refractivity contribution >= 4 is 62.5 Å². The van der Waals surface area contributed by atoms with Gasteiger partial charge in [-0.2, -0.15) is 5.10 Å². The van der Waals surface area contributed by atoms with Crippen LogP contribution < -0.4 is 9.62 Å². The molecule has 32 heavy (non-hydrogen) atoms. The molecule has 5 rings (SSSR count). The molecule has 1 saturated heterocycles. The lowest BCUT2D eigenvalue weighted by atomic mass is 9.73.